The Balaban J connectivity index is 1.94. The zero-order valence-corrected chi connectivity index (χ0v) is 15.1. The number of amides is 1. The molecule has 27 heavy (non-hydrogen) atoms. The lowest BCUT2D eigenvalue weighted by molar-refractivity contribution is -0.119. The molecule has 3 rings (SSSR count). The second-order valence-electron chi connectivity index (χ2n) is 5.89. The van der Waals surface area contributed by atoms with E-state index in [1.807, 2.05) is 0 Å². The van der Waals surface area contributed by atoms with Crippen LogP contribution in [0.2, 0.25) is 0 Å². The van der Waals surface area contributed by atoms with Crippen molar-refractivity contribution >= 4 is 22.5 Å². The third-order valence-electron chi connectivity index (χ3n) is 4.25. The van der Waals surface area contributed by atoms with E-state index >= 15 is 0 Å². The van der Waals surface area contributed by atoms with E-state index in [2.05, 4.69) is 10.3 Å². The van der Waals surface area contributed by atoms with Gasteiger partial charge in [0.25, 0.3) is 5.56 Å². The van der Waals surface area contributed by atoms with Crippen molar-refractivity contribution in [2.45, 2.75) is 13.0 Å². The minimum absolute atomic E-state index is 0.336. The number of nitrogens with zero attached hydrogens (tertiary/aromatic N) is 1. The summed E-state index contributed by atoms with van der Waals surface area (Å²) in [6.45, 7) is 1.49. The molecule has 8 heteroatoms. The number of methoxy groups -OCH3 is 2. The van der Waals surface area contributed by atoms with Crippen LogP contribution in [0.4, 0.5) is 5.69 Å². The van der Waals surface area contributed by atoms with Crippen LogP contribution in [0.25, 0.3) is 10.9 Å². The van der Waals surface area contributed by atoms with Gasteiger partial charge in [-0.15, -0.1) is 0 Å². The lowest BCUT2D eigenvalue weighted by atomic mass is 10.2. The summed E-state index contributed by atoms with van der Waals surface area (Å²) in [5, 5.41) is 3.02. The molecule has 8 nitrogen and oxygen atoms in total. The van der Waals surface area contributed by atoms with Crippen LogP contribution >= 0.6 is 0 Å². The second-order valence-corrected chi connectivity index (χ2v) is 5.89. The van der Waals surface area contributed by atoms with Crippen LogP contribution in [0.1, 0.15) is 13.0 Å². The number of H-pyrrole nitrogens is 1. The number of benzene rings is 2. The monoisotopic (exact) mass is 369 g/mol. The molecular weight excluding hydrogens is 350 g/mol. The predicted molar refractivity (Wildman–Crippen MR) is 102 cm³/mol. The first-order valence-corrected chi connectivity index (χ1v) is 8.22. The molecule has 1 atom stereocenters. The van der Waals surface area contributed by atoms with Crippen molar-refractivity contribution in [1.82, 2.24) is 9.55 Å². The van der Waals surface area contributed by atoms with Crippen molar-refractivity contribution in [3.63, 3.8) is 0 Å². The molecule has 2 aromatic carbocycles. The molecule has 3 aromatic rings. The first-order valence-electron chi connectivity index (χ1n) is 8.22. The van der Waals surface area contributed by atoms with Crippen LogP contribution in [0.5, 0.6) is 11.5 Å². The molecule has 0 aliphatic carbocycles. The largest absolute Gasteiger partial charge is 0.493 e. The molecule has 0 saturated heterocycles. The van der Waals surface area contributed by atoms with Gasteiger partial charge >= 0.3 is 5.69 Å². The van der Waals surface area contributed by atoms with E-state index in [4.69, 9.17) is 9.47 Å². The Morgan fingerprint density at radius 1 is 1.07 bits per heavy atom. The van der Waals surface area contributed by atoms with E-state index in [0.29, 0.717) is 28.1 Å². The van der Waals surface area contributed by atoms with Gasteiger partial charge in [0.2, 0.25) is 5.91 Å². The fourth-order valence-corrected chi connectivity index (χ4v) is 2.81. The first kappa shape index (κ1) is 18.2. The maximum absolute atomic E-state index is 12.7. The molecule has 0 aliphatic heterocycles. The number of para-hydroxylation sites is 1. The van der Waals surface area contributed by atoms with Gasteiger partial charge in [-0.2, -0.15) is 0 Å². The van der Waals surface area contributed by atoms with Crippen molar-refractivity contribution < 1.29 is 14.3 Å². The molecule has 1 heterocycles. The van der Waals surface area contributed by atoms with Gasteiger partial charge in [-0.3, -0.25) is 9.59 Å². The number of rotatable bonds is 5. The summed E-state index contributed by atoms with van der Waals surface area (Å²) in [6, 6.07) is 10.5. The molecule has 0 fully saturated rings. The summed E-state index contributed by atoms with van der Waals surface area (Å²) in [4.78, 5) is 40.2. The smallest absolute Gasteiger partial charge is 0.329 e. The zero-order valence-electron chi connectivity index (χ0n) is 15.1. The van der Waals surface area contributed by atoms with Crippen LogP contribution in [-0.4, -0.2) is 29.7 Å². The Bertz CT molecular complexity index is 1120. The molecule has 0 spiro atoms. The van der Waals surface area contributed by atoms with Crippen LogP contribution in [0.3, 0.4) is 0 Å². The van der Waals surface area contributed by atoms with Crippen molar-refractivity contribution in [3.8, 4) is 11.5 Å². The third-order valence-corrected chi connectivity index (χ3v) is 4.25. The summed E-state index contributed by atoms with van der Waals surface area (Å²) >= 11 is 0. The molecule has 0 bridgehead atoms. The second kappa shape index (κ2) is 7.36. The van der Waals surface area contributed by atoms with Crippen LogP contribution in [0, 0.1) is 0 Å². The van der Waals surface area contributed by atoms with Crippen molar-refractivity contribution in [3.05, 3.63) is 63.3 Å². The predicted octanol–water partition coefficient (Wildman–Crippen LogP) is 1.91. The SMILES string of the molecule is COc1ccc(NC(=O)[C@H](C)n2c(=O)[nH]c3ccccc3c2=O)cc1OC. The van der Waals surface area contributed by atoms with Crippen LogP contribution in [0.15, 0.2) is 52.1 Å². The number of carbonyl (C=O) groups is 1. The topological polar surface area (TPSA) is 102 Å². The van der Waals surface area contributed by atoms with Gasteiger partial charge in [-0.25, -0.2) is 9.36 Å². The number of fused-ring (bicyclic) bond motifs is 1. The average Bonchev–Trinajstić information content (AvgIpc) is 2.67. The zero-order chi connectivity index (χ0) is 19.6. The fourth-order valence-electron chi connectivity index (χ4n) is 2.81. The molecule has 1 aromatic heterocycles. The summed E-state index contributed by atoms with van der Waals surface area (Å²) < 4.78 is 11.3. The number of aromatic nitrogens is 2. The van der Waals surface area contributed by atoms with Gasteiger partial charge in [0.1, 0.15) is 6.04 Å². The third kappa shape index (κ3) is 3.41. The minimum atomic E-state index is -1.01. The molecule has 0 unspecified atom stereocenters. The van der Waals surface area contributed by atoms with E-state index < -0.39 is 23.2 Å². The Morgan fingerprint density at radius 3 is 2.48 bits per heavy atom. The Hall–Kier alpha value is -3.55. The first-order chi connectivity index (χ1) is 13.0. The summed E-state index contributed by atoms with van der Waals surface area (Å²) in [6.07, 6.45) is 0. The van der Waals surface area contributed by atoms with Crippen molar-refractivity contribution in [2.24, 2.45) is 0 Å². The van der Waals surface area contributed by atoms with Gasteiger partial charge in [0, 0.05) is 11.8 Å². The molecule has 1 amide bonds. The van der Waals surface area contributed by atoms with Crippen LogP contribution in [-0.2, 0) is 4.79 Å². The number of anilines is 1. The highest BCUT2D eigenvalue weighted by atomic mass is 16.5. The molecule has 2 N–H and O–H groups in total. The highest BCUT2D eigenvalue weighted by molar-refractivity contribution is 5.94. The lowest BCUT2D eigenvalue weighted by Crippen LogP contribution is -2.41. The molecule has 140 valence electrons. The van der Waals surface area contributed by atoms with Gasteiger partial charge in [-0.05, 0) is 31.2 Å². The van der Waals surface area contributed by atoms with E-state index in [1.54, 1.807) is 42.5 Å². The number of aromatic amines is 1. The van der Waals surface area contributed by atoms with Gasteiger partial charge in [0.15, 0.2) is 11.5 Å². The Kier molecular flexibility index (Phi) is 4.98. The maximum atomic E-state index is 12.7. The Labute approximate surface area is 154 Å². The van der Waals surface area contributed by atoms with E-state index in [-0.39, 0.29) is 0 Å². The van der Waals surface area contributed by atoms with Gasteiger partial charge in [-0.1, -0.05) is 12.1 Å². The van der Waals surface area contributed by atoms with E-state index in [9.17, 15) is 14.4 Å². The number of hydrogen-bond donors (Lipinski definition) is 2. The quantitative estimate of drug-likeness (QED) is 0.715. The van der Waals surface area contributed by atoms with Crippen LogP contribution < -0.4 is 26.0 Å². The molecule has 0 saturated carbocycles. The molecule has 0 radical (unpaired) electrons. The summed E-state index contributed by atoms with van der Waals surface area (Å²) in [5.41, 5.74) is -0.288. The lowest BCUT2D eigenvalue weighted by Gasteiger charge is -2.16. The molecular formula is C19H19N3O5. The Morgan fingerprint density at radius 2 is 1.78 bits per heavy atom. The highest BCUT2D eigenvalue weighted by Gasteiger charge is 2.21. The van der Waals surface area contributed by atoms with Crippen molar-refractivity contribution in [1.29, 1.82) is 0 Å². The summed E-state index contributed by atoms with van der Waals surface area (Å²) in [7, 11) is 3.00. The van der Waals surface area contributed by atoms with E-state index in [1.165, 1.54) is 21.1 Å². The molecule has 0 aliphatic rings. The van der Waals surface area contributed by atoms with Gasteiger partial charge in [0.05, 0.1) is 25.1 Å². The van der Waals surface area contributed by atoms with Gasteiger partial charge < -0.3 is 19.8 Å². The highest BCUT2D eigenvalue weighted by Crippen LogP contribution is 2.29. The average molecular weight is 369 g/mol. The normalized spacial score (nSPS) is 11.8. The number of ether oxygens (including phenoxy) is 2. The number of nitrogens with one attached hydrogen (secondary N) is 2. The van der Waals surface area contributed by atoms with Crippen molar-refractivity contribution in [2.75, 3.05) is 19.5 Å². The number of carbonyl (C=O) groups excluding carboxylic acids is 1. The number of hydrogen-bond acceptors (Lipinski definition) is 5. The maximum Gasteiger partial charge on any atom is 0.329 e. The van der Waals surface area contributed by atoms with E-state index in [0.717, 1.165) is 4.57 Å². The minimum Gasteiger partial charge on any atom is -0.493 e. The standard InChI is InChI=1S/C19H19N3O5/c1-11(17(23)20-12-8-9-15(26-2)16(10-12)27-3)22-18(24)13-6-4-5-7-14(13)21-19(22)25/h4-11H,1-3H3,(H,20,23)(H,21,25)/t11-/m0/s1. The fraction of sp³-hybridized carbons (Fsp3) is 0.211. The summed E-state index contributed by atoms with van der Waals surface area (Å²) in [5.74, 6) is 0.458.